The first-order valence-corrected chi connectivity index (χ1v) is 8.66. The molecule has 1 aliphatic rings. The Morgan fingerprint density at radius 2 is 1.68 bits per heavy atom. The first kappa shape index (κ1) is 19.4. The molecule has 0 aromatic carbocycles. The number of ether oxygens (including phenoxy) is 1. The van der Waals surface area contributed by atoms with Crippen molar-refractivity contribution in [1.29, 1.82) is 0 Å². The van der Waals surface area contributed by atoms with Crippen LogP contribution in [0, 0.1) is 0 Å². The third kappa shape index (κ3) is 5.52. The van der Waals surface area contributed by atoms with Gasteiger partial charge >= 0.3 is 5.97 Å². The van der Waals surface area contributed by atoms with E-state index in [1.807, 2.05) is 6.92 Å². The lowest BCUT2D eigenvalue weighted by molar-refractivity contribution is -0.358. The number of hydrogen-bond acceptors (Lipinski definition) is 5. The van der Waals surface area contributed by atoms with Crippen LogP contribution in [0.15, 0.2) is 0 Å². The third-order valence-corrected chi connectivity index (χ3v) is 4.28. The maximum absolute atomic E-state index is 12.5. The van der Waals surface area contributed by atoms with Crippen LogP contribution >= 0.6 is 0 Å². The van der Waals surface area contributed by atoms with Crippen LogP contribution < -0.4 is 0 Å². The second-order valence-corrected chi connectivity index (χ2v) is 6.61. The SMILES string of the molecule is CCOOC1(C(=O)OCCN(C(C)C)C(C)C)CCCCC1. The molecule has 0 aromatic heterocycles. The van der Waals surface area contributed by atoms with E-state index in [0.29, 0.717) is 38.1 Å². The van der Waals surface area contributed by atoms with Gasteiger partial charge in [-0.15, -0.1) is 0 Å². The summed E-state index contributed by atoms with van der Waals surface area (Å²) in [5.74, 6) is -0.270. The van der Waals surface area contributed by atoms with Gasteiger partial charge in [0, 0.05) is 18.6 Å². The van der Waals surface area contributed by atoms with E-state index in [1.165, 1.54) is 0 Å². The summed E-state index contributed by atoms with van der Waals surface area (Å²) < 4.78 is 5.53. The van der Waals surface area contributed by atoms with E-state index >= 15 is 0 Å². The molecular formula is C17H33NO4. The zero-order chi connectivity index (χ0) is 16.6. The van der Waals surface area contributed by atoms with Crippen LogP contribution in [0.1, 0.15) is 66.7 Å². The van der Waals surface area contributed by atoms with Gasteiger partial charge in [-0.2, -0.15) is 0 Å². The van der Waals surface area contributed by atoms with Gasteiger partial charge < -0.3 is 4.74 Å². The Morgan fingerprint density at radius 3 is 2.18 bits per heavy atom. The minimum absolute atomic E-state index is 0.270. The number of rotatable bonds is 9. The van der Waals surface area contributed by atoms with Crippen molar-refractivity contribution in [2.45, 2.75) is 84.4 Å². The molecule has 0 atom stereocenters. The molecule has 0 saturated heterocycles. The summed E-state index contributed by atoms with van der Waals surface area (Å²) in [6, 6.07) is 0.865. The van der Waals surface area contributed by atoms with Gasteiger partial charge in [0.15, 0.2) is 5.60 Å². The number of carbonyl (C=O) groups excluding carboxylic acids is 1. The van der Waals surface area contributed by atoms with Crippen molar-refractivity contribution in [2.75, 3.05) is 19.8 Å². The first-order valence-electron chi connectivity index (χ1n) is 8.66. The predicted molar refractivity (Wildman–Crippen MR) is 86.5 cm³/mol. The number of carbonyl (C=O) groups is 1. The standard InChI is InChI=1S/C17H33NO4/c1-6-21-22-17(10-8-7-9-11-17)16(19)20-13-12-18(14(2)3)15(4)5/h14-15H,6-13H2,1-5H3. The highest BCUT2D eigenvalue weighted by Crippen LogP contribution is 2.33. The number of esters is 1. The fourth-order valence-corrected chi connectivity index (χ4v) is 3.10. The van der Waals surface area contributed by atoms with E-state index in [9.17, 15) is 4.79 Å². The average Bonchev–Trinajstić information content (AvgIpc) is 2.49. The number of hydrogen-bond donors (Lipinski definition) is 0. The lowest BCUT2D eigenvalue weighted by atomic mass is 9.85. The quantitative estimate of drug-likeness (QED) is 0.371. The topological polar surface area (TPSA) is 48.0 Å². The van der Waals surface area contributed by atoms with Crippen molar-refractivity contribution in [3.63, 3.8) is 0 Å². The van der Waals surface area contributed by atoms with Crippen molar-refractivity contribution < 1.29 is 19.3 Å². The maximum Gasteiger partial charge on any atom is 0.341 e. The van der Waals surface area contributed by atoms with E-state index in [-0.39, 0.29) is 5.97 Å². The first-order chi connectivity index (χ1) is 10.4. The Kier molecular flexibility index (Phi) is 8.36. The van der Waals surface area contributed by atoms with Crippen molar-refractivity contribution in [2.24, 2.45) is 0 Å². The molecule has 5 nitrogen and oxygen atoms in total. The summed E-state index contributed by atoms with van der Waals surface area (Å²) in [4.78, 5) is 25.3. The molecular weight excluding hydrogens is 282 g/mol. The molecule has 1 rings (SSSR count). The Morgan fingerprint density at radius 1 is 1.09 bits per heavy atom. The van der Waals surface area contributed by atoms with Crippen molar-refractivity contribution in [3.8, 4) is 0 Å². The molecule has 1 aliphatic carbocycles. The molecule has 0 heterocycles. The van der Waals surface area contributed by atoms with Crippen LogP contribution in [0.4, 0.5) is 0 Å². The van der Waals surface area contributed by atoms with Gasteiger partial charge in [0.25, 0.3) is 0 Å². The zero-order valence-corrected chi connectivity index (χ0v) is 14.9. The molecule has 22 heavy (non-hydrogen) atoms. The summed E-state index contributed by atoms with van der Waals surface area (Å²) in [6.07, 6.45) is 4.46. The predicted octanol–water partition coefficient (Wildman–Crippen LogP) is 3.32. The van der Waals surface area contributed by atoms with E-state index in [4.69, 9.17) is 14.5 Å². The van der Waals surface area contributed by atoms with Crippen molar-refractivity contribution >= 4 is 5.97 Å². The molecule has 0 aliphatic heterocycles. The largest absolute Gasteiger partial charge is 0.462 e. The van der Waals surface area contributed by atoms with Crippen LogP contribution in [0.3, 0.4) is 0 Å². The monoisotopic (exact) mass is 315 g/mol. The summed E-state index contributed by atoms with van der Waals surface area (Å²) in [5, 5.41) is 0. The van der Waals surface area contributed by atoms with Crippen LogP contribution in [-0.4, -0.2) is 48.3 Å². The Labute approximate surface area is 135 Å². The highest BCUT2D eigenvalue weighted by molar-refractivity contribution is 5.79. The van der Waals surface area contributed by atoms with Crippen LogP contribution in [-0.2, 0) is 19.3 Å². The summed E-state index contributed by atoms with van der Waals surface area (Å²) in [6.45, 7) is 12.0. The van der Waals surface area contributed by atoms with Gasteiger partial charge in [-0.25, -0.2) is 14.6 Å². The maximum atomic E-state index is 12.5. The normalized spacial score (nSPS) is 18.2. The van der Waals surface area contributed by atoms with Crippen LogP contribution in [0.5, 0.6) is 0 Å². The molecule has 0 aromatic rings. The van der Waals surface area contributed by atoms with Crippen molar-refractivity contribution in [3.05, 3.63) is 0 Å². The van der Waals surface area contributed by atoms with Gasteiger partial charge in [-0.3, -0.25) is 4.90 Å². The minimum atomic E-state index is -0.894. The fraction of sp³-hybridized carbons (Fsp3) is 0.941. The van der Waals surface area contributed by atoms with Gasteiger partial charge in [0.2, 0.25) is 0 Å². The molecule has 0 N–H and O–H groups in total. The lowest BCUT2D eigenvalue weighted by Crippen LogP contribution is -2.46. The van der Waals surface area contributed by atoms with E-state index < -0.39 is 5.60 Å². The summed E-state index contributed by atoms with van der Waals surface area (Å²) in [7, 11) is 0. The minimum Gasteiger partial charge on any atom is -0.462 e. The Hall–Kier alpha value is -0.650. The molecule has 0 amide bonds. The molecule has 0 spiro atoms. The lowest BCUT2D eigenvalue weighted by Gasteiger charge is -2.34. The second kappa shape index (κ2) is 9.48. The molecule has 0 unspecified atom stereocenters. The van der Waals surface area contributed by atoms with Crippen LogP contribution in [0.2, 0.25) is 0 Å². The van der Waals surface area contributed by atoms with Gasteiger partial charge in [-0.1, -0.05) is 6.42 Å². The Bertz CT molecular complexity index is 317. The summed E-state index contributed by atoms with van der Waals surface area (Å²) >= 11 is 0. The second-order valence-electron chi connectivity index (χ2n) is 6.61. The van der Waals surface area contributed by atoms with Crippen molar-refractivity contribution in [1.82, 2.24) is 4.90 Å². The van der Waals surface area contributed by atoms with Gasteiger partial charge in [0.1, 0.15) is 6.61 Å². The highest BCUT2D eigenvalue weighted by atomic mass is 17.2. The molecule has 1 saturated carbocycles. The van der Waals surface area contributed by atoms with Crippen LogP contribution in [0.25, 0.3) is 0 Å². The molecule has 1 fully saturated rings. The molecule has 0 bridgehead atoms. The average molecular weight is 315 g/mol. The highest BCUT2D eigenvalue weighted by Gasteiger charge is 2.44. The van der Waals surface area contributed by atoms with Gasteiger partial charge in [-0.05, 0) is 60.3 Å². The Balaban J connectivity index is 2.52. The zero-order valence-electron chi connectivity index (χ0n) is 14.9. The smallest absolute Gasteiger partial charge is 0.341 e. The van der Waals surface area contributed by atoms with Gasteiger partial charge in [0.05, 0.1) is 6.61 Å². The van der Waals surface area contributed by atoms with E-state index in [1.54, 1.807) is 0 Å². The van der Waals surface area contributed by atoms with E-state index in [2.05, 4.69) is 32.6 Å². The van der Waals surface area contributed by atoms with E-state index in [0.717, 1.165) is 25.8 Å². The summed E-state index contributed by atoms with van der Waals surface area (Å²) in [5.41, 5.74) is -0.894. The third-order valence-electron chi connectivity index (χ3n) is 4.28. The fourth-order valence-electron chi connectivity index (χ4n) is 3.10. The molecule has 5 heteroatoms. The molecule has 130 valence electrons. The molecule has 0 radical (unpaired) electrons. The number of nitrogens with zero attached hydrogens (tertiary/aromatic N) is 1.